The lowest BCUT2D eigenvalue weighted by atomic mass is 10.2. The molecule has 1 aliphatic rings. The van der Waals surface area contributed by atoms with E-state index in [1.54, 1.807) is 0 Å². The summed E-state index contributed by atoms with van der Waals surface area (Å²) in [5.74, 6) is -0.606. The predicted octanol–water partition coefficient (Wildman–Crippen LogP) is 1.88. The quantitative estimate of drug-likeness (QED) is 0.923. The molecular formula is C13H18FNO3S. The van der Waals surface area contributed by atoms with Crippen LogP contribution >= 0.6 is 0 Å². The van der Waals surface area contributed by atoms with E-state index in [1.165, 1.54) is 10.4 Å². The fraction of sp³-hybridized carbons (Fsp3) is 0.538. The summed E-state index contributed by atoms with van der Waals surface area (Å²) >= 11 is 0. The van der Waals surface area contributed by atoms with Gasteiger partial charge in [-0.15, -0.1) is 0 Å². The number of aliphatic hydroxyl groups is 1. The van der Waals surface area contributed by atoms with Crippen LogP contribution in [0, 0.1) is 5.82 Å². The molecule has 1 saturated heterocycles. The van der Waals surface area contributed by atoms with Crippen molar-refractivity contribution in [3.05, 3.63) is 29.6 Å². The van der Waals surface area contributed by atoms with E-state index in [1.807, 2.05) is 0 Å². The minimum absolute atomic E-state index is 0.114. The van der Waals surface area contributed by atoms with Gasteiger partial charge in [0.2, 0.25) is 10.0 Å². The zero-order chi connectivity index (χ0) is 13.9. The van der Waals surface area contributed by atoms with Gasteiger partial charge in [-0.3, -0.25) is 0 Å². The van der Waals surface area contributed by atoms with Gasteiger partial charge in [-0.2, -0.15) is 4.31 Å². The lowest BCUT2D eigenvalue weighted by molar-refractivity contribution is 0.277. The van der Waals surface area contributed by atoms with Crippen molar-refractivity contribution in [3.8, 4) is 0 Å². The van der Waals surface area contributed by atoms with E-state index >= 15 is 0 Å². The second-order valence-electron chi connectivity index (χ2n) is 4.73. The molecule has 1 aliphatic heterocycles. The smallest absolute Gasteiger partial charge is 0.243 e. The van der Waals surface area contributed by atoms with Gasteiger partial charge in [0.15, 0.2) is 0 Å². The Bertz CT molecular complexity index is 537. The molecule has 0 spiro atoms. The third-order valence-electron chi connectivity index (χ3n) is 3.38. The molecule has 0 radical (unpaired) electrons. The lowest BCUT2D eigenvalue weighted by Crippen LogP contribution is -2.32. The minimum Gasteiger partial charge on any atom is -0.392 e. The van der Waals surface area contributed by atoms with Gasteiger partial charge >= 0.3 is 0 Å². The first-order chi connectivity index (χ1) is 9.05. The van der Waals surface area contributed by atoms with Gasteiger partial charge < -0.3 is 5.11 Å². The highest BCUT2D eigenvalue weighted by Crippen LogP contribution is 2.24. The summed E-state index contributed by atoms with van der Waals surface area (Å²) in [6.45, 7) is 0.510. The Morgan fingerprint density at radius 3 is 2.37 bits per heavy atom. The number of nitrogens with zero attached hydrogens (tertiary/aromatic N) is 1. The van der Waals surface area contributed by atoms with Crippen LogP contribution in [0.5, 0.6) is 0 Å². The lowest BCUT2D eigenvalue weighted by Gasteiger charge is -2.21. The maximum Gasteiger partial charge on any atom is 0.243 e. The van der Waals surface area contributed by atoms with Crippen LogP contribution in [-0.4, -0.2) is 30.9 Å². The van der Waals surface area contributed by atoms with E-state index in [4.69, 9.17) is 0 Å². The van der Waals surface area contributed by atoms with Crippen molar-refractivity contribution < 1.29 is 17.9 Å². The normalized spacial score (nSPS) is 18.2. The minimum atomic E-state index is -3.72. The van der Waals surface area contributed by atoms with Crippen LogP contribution in [0.4, 0.5) is 4.39 Å². The number of halogens is 1. The molecule has 0 aromatic heterocycles. The summed E-state index contributed by atoms with van der Waals surface area (Å²) in [4.78, 5) is -0.114. The van der Waals surface area contributed by atoms with E-state index < -0.39 is 22.4 Å². The summed E-state index contributed by atoms with van der Waals surface area (Å²) < 4.78 is 39.7. The number of hydrogen-bond donors (Lipinski definition) is 1. The molecule has 0 unspecified atom stereocenters. The number of hydrogen-bond acceptors (Lipinski definition) is 3. The molecule has 0 bridgehead atoms. The van der Waals surface area contributed by atoms with Gasteiger partial charge in [-0.05, 0) is 30.5 Å². The van der Waals surface area contributed by atoms with E-state index in [9.17, 15) is 17.9 Å². The second-order valence-corrected chi connectivity index (χ2v) is 6.63. The summed E-state index contributed by atoms with van der Waals surface area (Å²) in [6.07, 6.45) is 3.68. The molecule has 1 aromatic carbocycles. The Morgan fingerprint density at radius 2 is 1.79 bits per heavy atom. The van der Waals surface area contributed by atoms with Crippen molar-refractivity contribution in [1.82, 2.24) is 4.31 Å². The molecule has 4 nitrogen and oxygen atoms in total. The van der Waals surface area contributed by atoms with Gasteiger partial charge in [-0.1, -0.05) is 18.9 Å². The average molecular weight is 287 g/mol. The summed E-state index contributed by atoms with van der Waals surface area (Å²) in [5.41, 5.74) is 0.241. The number of benzene rings is 1. The van der Waals surface area contributed by atoms with Crippen LogP contribution in [0.15, 0.2) is 23.1 Å². The molecule has 6 heteroatoms. The molecule has 0 amide bonds. The molecule has 1 aromatic rings. The highest BCUT2D eigenvalue weighted by atomic mass is 32.2. The third kappa shape index (κ3) is 3.13. The Balaban J connectivity index is 2.40. The maximum atomic E-state index is 13.3. The van der Waals surface area contributed by atoms with E-state index in [2.05, 4.69) is 0 Å². The Hall–Kier alpha value is -0.980. The van der Waals surface area contributed by atoms with Gasteiger partial charge in [-0.25, -0.2) is 12.8 Å². The molecule has 2 rings (SSSR count). The summed E-state index contributed by atoms with van der Waals surface area (Å²) in [7, 11) is -3.72. The van der Waals surface area contributed by atoms with E-state index in [-0.39, 0.29) is 10.5 Å². The SMILES string of the molecule is O=S(=O)(c1cc(F)ccc1CO)N1CCCCCC1. The highest BCUT2D eigenvalue weighted by molar-refractivity contribution is 7.89. The van der Waals surface area contributed by atoms with Crippen molar-refractivity contribution in [1.29, 1.82) is 0 Å². The first kappa shape index (κ1) is 14.4. The Morgan fingerprint density at radius 1 is 1.16 bits per heavy atom. The summed E-state index contributed by atoms with van der Waals surface area (Å²) in [5, 5.41) is 9.22. The van der Waals surface area contributed by atoms with Crippen LogP contribution in [-0.2, 0) is 16.6 Å². The largest absolute Gasteiger partial charge is 0.392 e. The zero-order valence-electron chi connectivity index (χ0n) is 10.7. The van der Waals surface area contributed by atoms with Crippen LogP contribution < -0.4 is 0 Å². The standard InChI is InChI=1S/C13H18FNO3S/c14-12-6-5-11(10-16)13(9-12)19(17,18)15-7-3-1-2-4-8-15/h5-6,9,16H,1-4,7-8,10H2. The molecule has 0 aliphatic carbocycles. The molecule has 1 fully saturated rings. The molecule has 106 valence electrons. The van der Waals surface area contributed by atoms with Crippen molar-refractivity contribution in [2.75, 3.05) is 13.1 Å². The fourth-order valence-corrected chi connectivity index (χ4v) is 4.06. The molecule has 1 heterocycles. The van der Waals surface area contributed by atoms with Crippen LogP contribution in [0.3, 0.4) is 0 Å². The molecule has 0 saturated carbocycles. The highest BCUT2D eigenvalue weighted by Gasteiger charge is 2.27. The number of rotatable bonds is 3. The number of aliphatic hydroxyl groups excluding tert-OH is 1. The average Bonchev–Trinajstić information content (AvgIpc) is 2.68. The third-order valence-corrected chi connectivity index (χ3v) is 5.36. The maximum absolute atomic E-state index is 13.3. The first-order valence-electron chi connectivity index (χ1n) is 6.45. The zero-order valence-corrected chi connectivity index (χ0v) is 11.5. The Labute approximate surface area is 112 Å². The summed E-state index contributed by atoms with van der Waals surface area (Å²) in [6, 6.07) is 3.47. The first-order valence-corrected chi connectivity index (χ1v) is 7.89. The van der Waals surface area contributed by atoms with Crippen LogP contribution in [0.25, 0.3) is 0 Å². The van der Waals surface area contributed by atoms with Gasteiger partial charge in [0.05, 0.1) is 11.5 Å². The van der Waals surface area contributed by atoms with Gasteiger partial charge in [0, 0.05) is 13.1 Å². The second kappa shape index (κ2) is 5.98. The van der Waals surface area contributed by atoms with Gasteiger partial charge in [0.1, 0.15) is 5.82 Å². The molecule has 1 N–H and O–H groups in total. The van der Waals surface area contributed by atoms with Crippen LogP contribution in [0.1, 0.15) is 31.2 Å². The molecule has 0 atom stereocenters. The van der Waals surface area contributed by atoms with Crippen molar-refractivity contribution >= 4 is 10.0 Å². The van der Waals surface area contributed by atoms with E-state index in [0.29, 0.717) is 13.1 Å². The van der Waals surface area contributed by atoms with Crippen molar-refractivity contribution in [2.45, 2.75) is 37.2 Å². The molecular weight excluding hydrogens is 269 g/mol. The van der Waals surface area contributed by atoms with Crippen molar-refractivity contribution in [2.24, 2.45) is 0 Å². The van der Waals surface area contributed by atoms with E-state index in [0.717, 1.165) is 37.8 Å². The molecule has 19 heavy (non-hydrogen) atoms. The fourth-order valence-electron chi connectivity index (χ4n) is 2.32. The van der Waals surface area contributed by atoms with Crippen LogP contribution in [0.2, 0.25) is 0 Å². The van der Waals surface area contributed by atoms with Gasteiger partial charge in [0.25, 0.3) is 0 Å². The topological polar surface area (TPSA) is 57.6 Å². The Kier molecular flexibility index (Phi) is 4.54. The number of sulfonamides is 1. The van der Waals surface area contributed by atoms with Crippen molar-refractivity contribution in [3.63, 3.8) is 0 Å². The predicted molar refractivity (Wildman–Crippen MR) is 69.5 cm³/mol. The monoisotopic (exact) mass is 287 g/mol.